The predicted molar refractivity (Wildman–Crippen MR) is 105 cm³/mol. The molecule has 0 saturated carbocycles. The first-order chi connectivity index (χ1) is 14.2. The van der Waals surface area contributed by atoms with Crippen molar-refractivity contribution in [1.29, 1.82) is 0 Å². The van der Waals surface area contributed by atoms with E-state index in [0.717, 1.165) is 35.8 Å². The Kier molecular flexibility index (Phi) is 4.35. The molecule has 1 atom stereocenters. The van der Waals surface area contributed by atoms with Crippen LogP contribution in [0.25, 0.3) is 11.0 Å². The van der Waals surface area contributed by atoms with E-state index in [2.05, 4.69) is 23.0 Å². The number of benzene rings is 2. The Morgan fingerprint density at radius 1 is 1.03 bits per heavy atom. The zero-order valence-corrected chi connectivity index (χ0v) is 15.7. The lowest BCUT2D eigenvalue weighted by molar-refractivity contribution is -0.134. The summed E-state index contributed by atoms with van der Waals surface area (Å²) in [6.45, 7) is 0.0796. The van der Waals surface area contributed by atoms with Crippen molar-refractivity contribution in [3.63, 3.8) is 0 Å². The average Bonchev–Trinajstić information content (AvgIpc) is 3.36. The van der Waals surface area contributed by atoms with E-state index >= 15 is 0 Å². The van der Waals surface area contributed by atoms with Gasteiger partial charge in [-0.2, -0.15) is 0 Å². The van der Waals surface area contributed by atoms with Gasteiger partial charge in [-0.1, -0.05) is 12.1 Å². The van der Waals surface area contributed by atoms with Gasteiger partial charge in [0.1, 0.15) is 12.2 Å². The molecular formula is C22H20N2O5. The molecule has 0 fully saturated rings. The molecule has 0 radical (unpaired) electrons. The Bertz CT molecular complexity index is 1100. The highest BCUT2D eigenvalue weighted by Crippen LogP contribution is 2.31. The van der Waals surface area contributed by atoms with Crippen LogP contribution in [0, 0.1) is 0 Å². The molecular weight excluding hydrogens is 372 g/mol. The van der Waals surface area contributed by atoms with Gasteiger partial charge in [-0.15, -0.1) is 0 Å². The lowest BCUT2D eigenvalue weighted by Crippen LogP contribution is -2.51. The zero-order valence-electron chi connectivity index (χ0n) is 15.7. The molecule has 29 heavy (non-hydrogen) atoms. The van der Waals surface area contributed by atoms with Crippen LogP contribution in [0.2, 0.25) is 0 Å². The summed E-state index contributed by atoms with van der Waals surface area (Å²) in [5, 5.41) is 0.952. The fourth-order valence-corrected chi connectivity index (χ4v) is 3.86. The largest absolute Gasteiger partial charge is 0.485 e. The van der Waals surface area contributed by atoms with Crippen molar-refractivity contribution in [2.45, 2.75) is 31.8 Å². The van der Waals surface area contributed by atoms with E-state index < -0.39 is 12.0 Å². The summed E-state index contributed by atoms with van der Waals surface area (Å²) in [4.78, 5) is 24.6. The highest BCUT2D eigenvalue weighted by Gasteiger charge is 2.27. The van der Waals surface area contributed by atoms with E-state index in [4.69, 9.17) is 13.9 Å². The number of amides is 2. The second-order valence-electron chi connectivity index (χ2n) is 7.31. The molecule has 7 heteroatoms. The van der Waals surface area contributed by atoms with Crippen LogP contribution in [-0.4, -0.2) is 24.5 Å². The second-order valence-corrected chi connectivity index (χ2v) is 7.31. The Labute approximate surface area is 166 Å². The van der Waals surface area contributed by atoms with Crippen LogP contribution in [0.15, 0.2) is 47.1 Å². The minimum Gasteiger partial charge on any atom is -0.485 e. The van der Waals surface area contributed by atoms with Crippen molar-refractivity contribution in [1.82, 2.24) is 10.9 Å². The maximum atomic E-state index is 12.3. The highest BCUT2D eigenvalue weighted by molar-refractivity contribution is 5.90. The molecule has 2 heterocycles. The van der Waals surface area contributed by atoms with Crippen molar-refractivity contribution < 1.29 is 23.5 Å². The lowest BCUT2D eigenvalue weighted by atomic mass is 10.0. The third kappa shape index (κ3) is 3.40. The van der Waals surface area contributed by atoms with E-state index in [1.807, 2.05) is 6.07 Å². The molecule has 7 nitrogen and oxygen atoms in total. The van der Waals surface area contributed by atoms with Crippen LogP contribution < -0.4 is 20.3 Å². The molecule has 2 aliphatic rings. The predicted octanol–water partition coefficient (Wildman–Crippen LogP) is 2.45. The number of fused-ring (bicyclic) bond motifs is 3. The quantitative estimate of drug-likeness (QED) is 0.669. The van der Waals surface area contributed by atoms with Gasteiger partial charge in [0.25, 0.3) is 5.91 Å². The number of hydrogen-bond donors (Lipinski definition) is 2. The molecule has 2 amide bonds. The normalized spacial score (nSPS) is 17.0. The summed E-state index contributed by atoms with van der Waals surface area (Å²) in [5.41, 5.74) is 9.10. The van der Waals surface area contributed by atoms with E-state index in [1.54, 1.807) is 24.5 Å². The van der Waals surface area contributed by atoms with E-state index in [9.17, 15) is 9.59 Å². The summed E-state index contributed by atoms with van der Waals surface area (Å²) in [5.74, 6) is 0.294. The van der Waals surface area contributed by atoms with Gasteiger partial charge >= 0.3 is 0 Å². The minimum absolute atomic E-state index is 0.0796. The topological polar surface area (TPSA) is 89.8 Å². The number of para-hydroxylation sites is 2. The first-order valence-corrected chi connectivity index (χ1v) is 9.66. The smallest absolute Gasteiger partial charge is 0.283 e. The van der Waals surface area contributed by atoms with E-state index in [1.165, 1.54) is 11.1 Å². The number of hydrazine groups is 1. The molecule has 0 spiro atoms. The van der Waals surface area contributed by atoms with Gasteiger partial charge < -0.3 is 13.9 Å². The van der Waals surface area contributed by atoms with Gasteiger partial charge in [-0.05, 0) is 54.7 Å². The number of nitrogens with one attached hydrogen (secondary N) is 2. The Balaban J connectivity index is 1.20. The molecule has 5 rings (SSSR count). The average molecular weight is 392 g/mol. The molecule has 1 aliphatic carbocycles. The van der Waals surface area contributed by atoms with Gasteiger partial charge in [-0.3, -0.25) is 20.4 Å². The fourth-order valence-electron chi connectivity index (χ4n) is 3.86. The van der Waals surface area contributed by atoms with Crippen molar-refractivity contribution in [3.8, 4) is 11.5 Å². The number of carbonyl (C=O) groups is 2. The van der Waals surface area contributed by atoms with Crippen molar-refractivity contribution in [2.75, 3.05) is 6.61 Å². The lowest BCUT2D eigenvalue weighted by Gasteiger charge is -2.25. The number of ether oxygens (including phenoxy) is 2. The van der Waals surface area contributed by atoms with Gasteiger partial charge in [0, 0.05) is 10.9 Å². The van der Waals surface area contributed by atoms with Crippen molar-refractivity contribution in [2.24, 2.45) is 0 Å². The summed E-state index contributed by atoms with van der Waals surface area (Å²) < 4.78 is 16.8. The molecule has 0 bridgehead atoms. The monoisotopic (exact) mass is 392 g/mol. The highest BCUT2D eigenvalue weighted by atomic mass is 16.6. The zero-order chi connectivity index (χ0) is 19.8. The number of rotatable bonds is 3. The SMILES string of the molecule is O=C(Cc1coc2cc3c(cc12)CCC3)NNC(=O)C1COc2ccccc2O1. The molecule has 2 aromatic carbocycles. The number of carbonyl (C=O) groups excluding carboxylic acids is 2. The number of furan rings is 1. The summed E-state index contributed by atoms with van der Waals surface area (Å²) >= 11 is 0. The van der Waals surface area contributed by atoms with Gasteiger partial charge in [-0.25, -0.2) is 0 Å². The summed E-state index contributed by atoms with van der Waals surface area (Å²) in [6.07, 6.45) is 4.17. The third-order valence-corrected chi connectivity index (χ3v) is 5.35. The fraction of sp³-hybridized carbons (Fsp3) is 0.273. The van der Waals surface area contributed by atoms with Gasteiger partial charge in [0.05, 0.1) is 12.7 Å². The molecule has 1 aromatic heterocycles. The molecule has 1 aliphatic heterocycles. The van der Waals surface area contributed by atoms with Gasteiger partial charge in [0.2, 0.25) is 12.0 Å². The first kappa shape index (κ1) is 17.6. The summed E-state index contributed by atoms with van der Waals surface area (Å²) in [6, 6.07) is 11.3. The Morgan fingerprint density at radius 3 is 2.69 bits per heavy atom. The Morgan fingerprint density at radius 2 is 1.83 bits per heavy atom. The standard InChI is InChI=1S/C22H20N2O5/c25-21(10-15-11-27-19-9-14-5-3-4-13(14)8-16(15)19)23-24-22(26)20-12-28-17-6-1-2-7-18(17)29-20/h1-2,6-9,11,20H,3-5,10,12H2,(H,23,25)(H,24,26). The molecule has 3 aromatic rings. The van der Waals surface area contributed by atoms with Crippen LogP contribution in [0.1, 0.15) is 23.1 Å². The minimum atomic E-state index is -0.831. The van der Waals surface area contributed by atoms with E-state index in [0.29, 0.717) is 11.5 Å². The van der Waals surface area contributed by atoms with Crippen LogP contribution in [0.5, 0.6) is 11.5 Å². The van der Waals surface area contributed by atoms with Crippen molar-refractivity contribution in [3.05, 3.63) is 59.4 Å². The third-order valence-electron chi connectivity index (χ3n) is 5.35. The first-order valence-electron chi connectivity index (χ1n) is 9.66. The van der Waals surface area contributed by atoms with E-state index in [-0.39, 0.29) is 18.9 Å². The molecule has 148 valence electrons. The second kappa shape index (κ2) is 7.16. The van der Waals surface area contributed by atoms with Crippen LogP contribution in [0.3, 0.4) is 0 Å². The maximum absolute atomic E-state index is 12.3. The molecule has 1 unspecified atom stereocenters. The molecule has 0 saturated heterocycles. The maximum Gasteiger partial charge on any atom is 0.283 e. The van der Waals surface area contributed by atoms with Gasteiger partial charge in [0.15, 0.2) is 11.5 Å². The van der Waals surface area contributed by atoms with Crippen LogP contribution in [-0.2, 0) is 28.9 Å². The van der Waals surface area contributed by atoms with Crippen LogP contribution >= 0.6 is 0 Å². The van der Waals surface area contributed by atoms with Crippen molar-refractivity contribution >= 4 is 22.8 Å². The summed E-state index contributed by atoms with van der Waals surface area (Å²) in [7, 11) is 0. The molecule has 2 N–H and O–H groups in total. The number of hydrogen-bond acceptors (Lipinski definition) is 5. The van der Waals surface area contributed by atoms with Crippen LogP contribution in [0.4, 0.5) is 0 Å². The number of aryl methyl sites for hydroxylation is 2. The Hall–Kier alpha value is -3.48.